The number of esters is 2. The summed E-state index contributed by atoms with van der Waals surface area (Å²) in [6.07, 6.45) is -0.365. The number of carbonyl (C=O) groups is 3. The van der Waals surface area contributed by atoms with Gasteiger partial charge in [-0.15, -0.1) is 0 Å². The van der Waals surface area contributed by atoms with Crippen molar-refractivity contribution >= 4 is 33.4 Å². The molecule has 9 heteroatoms. The number of hydrogen-bond acceptors (Lipinski definition) is 7. The zero-order chi connectivity index (χ0) is 24.6. The molecule has 0 aliphatic heterocycles. The third kappa shape index (κ3) is 8.34. The molecular formula is C24H29NO7S. The Balaban J connectivity index is 1.79. The van der Waals surface area contributed by atoms with Gasteiger partial charge in [0.1, 0.15) is 0 Å². The zero-order valence-corrected chi connectivity index (χ0v) is 20.0. The molecule has 2 aromatic rings. The first-order valence-electron chi connectivity index (χ1n) is 10.5. The van der Waals surface area contributed by atoms with Crippen LogP contribution in [0.3, 0.4) is 0 Å². The first-order valence-corrected chi connectivity index (χ1v) is 12.2. The van der Waals surface area contributed by atoms with Crippen LogP contribution in [-0.4, -0.2) is 45.2 Å². The number of benzene rings is 2. The average Bonchev–Trinajstić information content (AvgIpc) is 2.77. The molecule has 0 radical (unpaired) electrons. The van der Waals surface area contributed by atoms with Gasteiger partial charge in [-0.05, 0) is 67.3 Å². The summed E-state index contributed by atoms with van der Waals surface area (Å²) in [7, 11) is -3.64. The second kappa shape index (κ2) is 11.6. The maximum atomic E-state index is 12.4. The molecule has 0 fully saturated rings. The van der Waals surface area contributed by atoms with Crippen LogP contribution in [0.2, 0.25) is 0 Å². The maximum absolute atomic E-state index is 12.4. The highest BCUT2D eigenvalue weighted by Crippen LogP contribution is 2.17. The van der Waals surface area contributed by atoms with Crippen molar-refractivity contribution in [2.75, 3.05) is 24.3 Å². The molecule has 0 heterocycles. The highest BCUT2D eigenvalue weighted by Gasteiger charge is 2.18. The third-order valence-corrected chi connectivity index (χ3v) is 6.44. The van der Waals surface area contributed by atoms with Crippen molar-refractivity contribution in [2.45, 2.75) is 39.0 Å². The van der Waals surface area contributed by atoms with Gasteiger partial charge in [0, 0.05) is 5.69 Å². The Morgan fingerprint density at radius 3 is 2.21 bits per heavy atom. The molecule has 1 N–H and O–H groups in total. The van der Waals surface area contributed by atoms with Crippen LogP contribution in [0.5, 0.6) is 0 Å². The molecule has 2 rings (SSSR count). The topological polar surface area (TPSA) is 116 Å². The Morgan fingerprint density at radius 2 is 1.61 bits per heavy atom. The van der Waals surface area contributed by atoms with Gasteiger partial charge >= 0.3 is 11.9 Å². The highest BCUT2D eigenvalue weighted by molar-refractivity contribution is 7.91. The molecule has 0 atom stereocenters. The number of carbonyl (C=O) groups excluding carboxylic acids is 3. The smallest absolute Gasteiger partial charge is 0.338 e. The minimum atomic E-state index is -3.64. The number of anilines is 1. The number of ether oxygens (including phenoxy) is 2. The second-order valence-electron chi connectivity index (χ2n) is 8.09. The lowest BCUT2D eigenvalue weighted by Gasteiger charge is -2.09. The lowest BCUT2D eigenvalue weighted by molar-refractivity contribution is -0.146. The molecule has 0 aliphatic rings. The van der Waals surface area contributed by atoms with Crippen LogP contribution in [0.4, 0.5) is 5.69 Å². The van der Waals surface area contributed by atoms with Crippen LogP contribution in [0, 0.1) is 19.8 Å². The van der Waals surface area contributed by atoms with Gasteiger partial charge in [-0.3, -0.25) is 9.59 Å². The molecule has 0 bridgehead atoms. The van der Waals surface area contributed by atoms with Crippen LogP contribution in [0.25, 0.3) is 0 Å². The van der Waals surface area contributed by atoms with E-state index in [0.29, 0.717) is 17.9 Å². The van der Waals surface area contributed by atoms with Gasteiger partial charge in [-0.1, -0.05) is 19.9 Å². The molecule has 33 heavy (non-hydrogen) atoms. The van der Waals surface area contributed by atoms with Crippen LogP contribution in [0.15, 0.2) is 47.4 Å². The SMILES string of the molecule is Cc1ccc(S(=O)(=O)CCC(=O)OCC(=O)Nc2ccc(C(=O)OCC(C)C)cc2)cc1C. The maximum Gasteiger partial charge on any atom is 0.338 e. The summed E-state index contributed by atoms with van der Waals surface area (Å²) < 4.78 is 34.8. The van der Waals surface area contributed by atoms with E-state index >= 15 is 0 Å². The average molecular weight is 476 g/mol. The Hall–Kier alpha value is -3.20. The van der Waals surface area contributed by atoms with E-state index in [0.717, 1.165) is 11.1 Å². The Labute approximate surface area is 194 Å². The van der Waals surface area contributed by atoms with Gasteiger partial charge in [0.15, 0.2) is 16.4 Å². The molecule has 1 amide bonds. The Bertz CT molecular complexity index is 1110. The van der Waals surface area contributed by atoms with Gasteiger partial charge in [0.2, 0.25) is 0 Å². The van der Waals surface area contributed by atoms with Gasteiger partial charge in [-0.25, -0.2) is 13.2 Å². The van der Waals surface area contributed by atoms with Crippen molar-refractivity contribution in [3.05, 3.63) is 59.2 Å². The summed E-state index contributed by atoms with van der Waals surface area (Å²) in [5, 5.41) is 2.54. The summed E-state index contributed by atoms with van der Waals surface area (Å²) in [6, 6.07) is 10.9. The van der Waals surface area contributed by atoms with Crippen molar-refractivity contribution < 1.29 is 32.3 Å². The minimum Gasteiger partial charge on any atom is -0.462 e. The summed E-state index contributed by atoms with van der Waals surface area (Å²) in [4.78, 5) is 36.0. The fourth-order valence-electron chi connectivity index (χ4n) is 2.67. The normalized spacial score (nSPS) is 11.2. The second-order valence-corrected chi connectivity index (χ2v) is 10.2. The van der Waals surface area contributed by atoms with Crippen molar-refractivity contribution in [2.24, 2.45) is 5.92 Å². The van der Waals surface area contributed by atoms with Crippen molar-refractivity contribution in [3.63, 3.8) is 0 Å². The van der Waals surface area contributed by atoms with E-state index in [1.54, 1.807) is 12.1 Å². The molecule has 178 valence electrons. The van der Waals surface area contributed by atoms with E-state index in [9.17, 15) is 22.8 Å². The Morgan fingerprint density at radius 1 is 0.939 bits per heavy atom. The number of amides is 1. The first kappa shape index (κ1) is 26.1. The zero-order valence-electron chi connectivity index (χ0n) is 19.2. The lowest BCUT2D eigenvalue weighted by Crippen LogP contribution is -2.22. The van der Waals surface area contributed by atoms with E-state index in [4.69, 9.17) is 9.47 Å². The van der Waals surface area contributed by atoms with Gasteiger partial charge in [0.25, 0.3) is 5.91 Å². The number of hydrogen-bond donors (Lipinski definition) is 1. The van der Waals surface area contributed by atoms with E-state index in [-0.39, 0.29) is 17.2 Å². The van der Waals surface area contributed by atoms with Gasteiger partial charge in [-0.2, -0.15) is 0 Å². The van der Waals surface area contributed by atoms with Crippen molar-refractivity contribution in [3.8, 4) is 0 Å². The molecular weight excluding hydrogens is 446 g/mol. The minimum absolute atomic E-state index is 0.146. The van der Waals surface area contributed by atoms with Crippen molar-refractivity contribution in [1.29, 1.82) is 0 Å². The highest BCUT2D eigenvalue weighted by atomic mass is 32.2. The molecule has 0 saturated carbocycles. The summed E-state index contributed by atoms with van der Waals surface area (Å²) in [5.41, 5.74) is 2.58. The molecule has 0 saturated heterocycles. The number of sulfone groups is 1. The molecule has 0 aromatic heterocycles. The van der Waals surface area contributed by atoms with Crippen LogP contribution in [0.1, 0.15) is 41.8 Å². The van der Waals surface area contributed by atoms with E-state index < -0.39 is 40.0 Å². The van der Waals surface area contributed by atoms with Gasteiger partial charge < -0.3 is 14.8 Å². The van der Waals surface area contributed by atoms with E-state index in [1.165, 1.54) is 30.3 Å². The summed E-state index contributed by atoms with van der Waals surface area (Å²) >= 11 is 0. The standard InChI is InChI=1S/C24H29NO7S/c1-16(2)14-32-24(28)19-6-8-20(9-7-19)25-22(26)15-31-23(27)11-12-33(29,30)21-10-5-17(3)18(4)13-21/h5-10,13,16H,11-12,14-15H2,1-4H3,(H,25,26). The van der Waals surface area contributed by atoms with Crippen LogP contribution < -0.4 is 5.32 Å². The monoisotopic (exact) mass is 475 g/mol. The van der Waals surface area contributed by atoms with Crippen LogP contribution in [-0.2, 0) is 28.9 Å². The molecule has 0 aliphatic carbocycles. The van der Waals surface area contributed by atoms with E-state index in [2.05, 4.69) is 5.32 Å². The fraction of sp³-hybridized carbons (Fsp3) is 0.375. The molecule has 0 unspecified atom stereocenters. The lowest BCUT2D eigenvalue weighted by atomic mass is 10.1. The predicted molar refractivity (Wildman–Crippen MR) is 124 cm³/mol. The predicted octanol–water partition coefficient (Wildman–Crippen LogP) is 3.46. The summed E-state index contributed by atoms with van der Waals surface area (Å²) in [6.45, 7) is 7.32. The largest absolute Gasteiger partial charge is 0.462 e. The molecule has 0 spiro atoms. The molecule has 8 nitrogen and oxygen atoms in total. The fourth-order valence-corrected chi connectivity index (χ4v) is 3.98. The first-order chi connectivity index (χ1) is 15.5. The summed E-state index contributed by atoms with van der Waals surface area (Å²) in [5.74, 6) is -2.02. The van der Waals surface area contributed by atoms with Gasteiger partial charge in [0.05, 0.1) is 29.2 Å². The number of aryl methyl sites for hydroxylation is 2. The third-order valence-electron chi connectivity index (χ3n) is 4.73. The quantitative estimate of drug-likeness (QED) is 0.523. The number of rotatable bonds is 10. The van der Waals surface area contributed by atoms with E-state index in [1.807, 2.05) is 27.7 Å². The van der Waals surface area contributed by atoms with Crippen LogP contribution >= 0.6 is 0 Å². The molecule has 2 aromatic carbocycles. The number of nitrogens with one attached hydrogen (secondary N) is 1. The Kier molecular flexibility index (Phi) is 9.16. The van der Waals surface area contributed by atoms with Crippen molar-refractivity contribution in [1.82, 2.24) is 0 Å².